The van der Waals surface area contributed by atoms with Crippen LogP contribution in [0.5, 0.6) is 0 Å². The largest absolute Gasteiger partial charge is 0.355 e. The standard InChI is InChI=1S/C6H11BrN2O3S/c1-9(13(11,12)4-7)5-2-3-8-6(5)10/h5H,2-4H2,1H3,(H,8,10). The molecule has 0 aromatic carbocycles. The summed E-state index contributed by atoms with van der Waals surface area (Å²) < 4.78 is 23.6. The number of hydrogen-bond donors (Lipinski definition) is 1. The van der Waals surface area contributed by atoms with Gasteiger partial charge in [0.1, 0.15) is 10.7 Å². The van der Waals surface area contributed by atoms with E-state index in [0.717, 1.165) is 4.31 Å². The van der Waals surface area contributed by atoms with E-state index < -0.39 is 16.1 Å². The fourth-order valence-corrected chi connectivity index (χ4v) is 2.91. The van der Waals surface area contributed by atoms with Crippen LogP contribution in [0.1, 0.15) is 6.42 Å². The second-order valence-electron chi connectivity index (χ2n) is 2.83. The van der Waals surface area contributed by atoms with Crippen molar-refractivity contribution in [3.8, 4) is 0 Å². The third-order valence-electron chi connectivity index (χ3n) is 2.04. The Hall–Kier alpha value is -0.140. The van der Waals surface area contributed by atoms with Crippen molar-refractivity contribution in [1.82, 2.24) is 9.62 Å². The topological polar surface area (TPSA) is 66.5 Å². The van der Waals surface area contributed by atoms with Crippen LogP contribution in [0, 0.1) is 0 Å². The van der Waals surface area contributed by atoms with E-state index in [9.17, 15) is 13.2 Å². The van der Waals surface area contributed by atoms with Gasteiger partial charge in [0.05, 0.1) is 0 Å². The zero-order valence-corrected chi connectivity index (χ0v) is 9.56. The summed E-state index contributed by atoms with van der Waals surface area (Å²) in [4.78, 5) is 11.1. The van der Waals surface area contributed by atoms with Crippen molar-refractivity contribution in [2.75, 3.05) is 18.3 Å². The smallest absolute Gasteiger partial charge is 0.238 e. The molecule has 0 radical (unpaired) electrons. The highest BCUT2D eigenvalue weighted by Gasteiger charge is 2.33. The van der Waals surface area contributed by atoms with Gasteiger partial charge in [0.2, 0.25) is 15.9 Å². The van der Waals surface area contributed by atoms with E-state index in [0.29, 0.717) is 13.0 Å². The van der Waals surface area contributed by atoms with Gasteiger partial charge >= 0.3 is 0 Å². The van der Waals surface area contributed by atoms with Gasteiger partial charge in [0.15, 0.2) is 0 Å². The molecule has 13 heavy (non-hydrogen) atoms. The number of sulfonamides is 1. The van der Waals surface area contributed by atoms with Crippen molar-refractivity contribution in [2.24, 2.45) is 0 Å². The number of alkyl halides is 1. The minimum atomic E-state index is -3.33. The molecule has 1 unspecified atom stereocenters. The van der Waals surface area contributed by atoms with Crippen molar-refractivity contribution in [3.05, 3.63) is 0 Å². The van der Waals surface area contributed by atoms with Crippen LogP contribution >= 0.6 is 15.9 Å². The molecular weight excluding hydrogens is 260 g/mol. The number of nitrogens with zero attached hydrogens (tertiary/aromatic N) is 1. The van der Waals surface area contributed by atoms with Gasteiger partial charge in [-0.1, -0.05) is 15.9 Å². The number of hydrogen-bond acceptors (Lipinski definition) is 3. The second kappa shape index (κ2) is 3.93. The summed E-state index contributed by atoms with van der Waals surface area (Å²) in [7, 11) is -1.90. The first kappa shape index (κ1) is 10.9. The molecule has 5 nitrogen and oxygen atoms in total. The van der Waals surface area contributed by atoms with Crippen LogP contribution in [0.25, 0.3) is 0 Å². The van der Waals surface area contributed by atoms with Gasteiger partial charge in [0.25, 0.3) is 0 Å². The summed E-state index contributed by atoms with van der Waals surface area (Å²) in [5.74, 6) is -0.216. The summed E-state index contributed by atoms with van der Waals surface area (Å²) in [6.45, 7) is 0.547. The number of nitrogens with one attached hydrogen (secondary N) is 1. The van der Waals surface area contributed by atoms with Gasteiger partial charge in [-0.25, -0.2) is 8.42 Å². The third kappa shape index (κ3) is 2.21. The molecule has 0 saturated carbocycles. The van der Waals surface area contributed by atoms with Gasteiger partial charge in [-0.2, -0.15) is 4.31 Å². The average Bonchev–Trinajstić information content (AvgIpc) is 2.50. The molecule has 1 amide bonds. The van der Waals surface area contributed by atoms with Crippen LogP contribution in [0.2, 0.25) is 0 Å². The minimum Gasteiger partial charge on any atom is -0.355 e. The highest BCUT2D eigenvalue weighted by molar-refractivity contribution is 9.10. The maximum atomic E-state index is 11.3. The van der Waals surface area contributed by atoms with E-state index in [-0.39, 0.29) is 10.6 Å². The van der Waals surface area contributed by atoms with Gasteiger partial charge in [-0.3, -0.25) is 4.79 Å². The quantitative estimate of drug-likeness (QED) is 0.703. The van der Waals surface area contributed by atoms with E-state index in [2.05, 4.69) is 21.2 Å². The Labute approximate surface area is 85.7 Å². The lowest BCUT2D eigenvalue weighted by molar-refractivity contribution is -0.122. The lowest BCUT2D eigenvalue weighted by atomic mass is 10.3. The maximum Gasteiger partial charge on any atom is 0.238 e. The molecule has 0 bridgehead atoms. The van der Waals surface area contributed by atoms with Crippen LogP contribution in [0.3, 0.4) is 0 Å². The molecule has 7 heteroatoms. The normalized spacial score (nSPS) is 23.6. The first-order valence-corrected chi connectivity index (χ1v) is 6.51. The molecule has 1 saturated heterocycles. The Morgan fingerprint density at radius 3 is 2.69 bits per heavy atom. The SMILES string of the molecule is CN(C1CCNC1=O)S(=O)(=O)CBr. The number of amides is 1. The van der Waals surface area contributed by atoms with Crippen LogP contribution < -0.4 is 5.32 Å². The molecule has 1 fully saturated rings. The van der Waals surface area contributed by atoms with Gasteiger partial charge in [-0.05, 0) is 6.42 Å². The molecule has 1 N–H and O–H groups in total. The van der Waals surface area contributed by atoms with Crippen molar-refractivity contribution in [1.29, 1.82) is 0 Å². The molecule has 76 valence electrons. The van der Waals surface area contributed by atoms with Crippen molar-refractivity contribution in [3.63, 3.8) is 0 Å². The predicted molar refractivity (Wildman–Crippen MR) is 51.9 cm³/mol. The maximum absolute atomic E-state index is 11.3. The Morgan fingerprint density at radius 1 is 1.69 bits per heavy atom. The van der Waals surface area contributed by atoms with Crippen LogP contribution in [0.15, 0.2) is 0 Å². The summed E-state index contributed by atoms with van der Waals surface area (Å²) in [6, 6.07) is -0.539. The lowest BCUT2D eigenvalue weighted by Crippen LogP contribution is -2.42. The fraction of sp³-hybridized carbons (Fsp3) is 0.833. The van der Waals surface area contributed by atoms with Crippen LogP contribution in [0.4, 0.5) is 0 Å². The number of rotatable bonds is 3. The van der Waals surface area contributed by atoms with E-state index >= 15 is 0 Å². The first-order chi connectivity index (χ1) is 5.99. The molecule has 1 aliphatic heterocycles. The number of likely N-dealkylation sites (N-methyl/N-ethyl adjacent to an activating group) is 1. The Balaban J connectivity index is 2.78. The third-order valence-corrected chi connectivity index (χ3v) is 5.18. The lowest BCUT2D eigenvalue weighted by Gasteiger charge is -2.20. The summed E-state index contributed by atoms with van der Waals surface area (Å²) in [5.41, 5.74) is 0. The molecule has 1 heterocycles. The molecule has 0 aliphatic carbocycles. The number of halogens is 1. The Bertz CT molecular complexity index is 303. The van der Waals surface area contributed by atoms with Gasteiger partial charge in [-0.15, -0.1) is 0 Å². The van der Waals surface area contributed by atoms with Crippen molar-refractivity contribution >= 4 is 31.9 Å². The van der Waals surface area contributed by atoms with E-state index in [1.165, 1.54) is 7.05 Å². The molecular formula is C6H11BrN2O3S. The molecule has 1 rings (SSSR count). The molecule has 0 aromatic heterocycles. The van der Waals surface area contributed by atoms with E-state index in [1.54, 1.807) is 0 Å². The number of carbonyl (C=O) groups is 1. The van der Waals surface area contributed by atoms with Gasteiger partial charge in [0, 0.05) is 13.6 Å². The summed E-state index contributed by atoms with van der Waals surface area (Å²) in [5, 5.41) is 2.59. The summed E-state index contributed by atoms with van der Waals surface area (Å²) >= 11 is 2.88. The average molecular weight is 271 g/mol. The van der Waals surface area contributed by atoms with E-state index in [1.807, 2.05) is 0 Å². The predicted octanol–water partition coefficient (Wildman–Crippen LogP) is -0.511. The second-order valence-corrected chi connectivity index (χ2v) is 6.16. The zero-order chi connectivity index (χ0) is 10.1. The van der Waals surface area contributed by atoms with E-state index in [4.69, 9.17) is 0 Å². The first-order valence-electron chi connectivity index (χ1n) is 3.78. The molecule has 1 atom stereocenters. The molecule has 1 aliphatic rings. The zero-order valence-electron chi connectivity index (χ0n) is 7.16. The van der Waals surface area contributed by atoms with Crippen molar-refractivity contribution in [2.45, 2.75) is 12.5 Å². The number of carbonyl (C=O) groups excluding carboxylic acids is 1. The van der Waals surface area contributed by atoms with Gasteiger partial charge < -0.3 is 5.32 Å². The van der Waals surface area contributed by atoms with Crippen molar-refractivity contribution < 1.29 is 13.2 Å². The highest BCUT2D eigenvalue weighted by atomic mass is 79.9. The van der Waals surface area contributed by atoms with Crippen LogP contribution in [-0.4, -0.2) is 42.9 Å². The fourth-order valence-electron chi connectivity index (χ4n) is 1.20. The van der Waals surface area contributed by atoms with Crippen LogP contribution in [-0.2, 0) is 14.8 Å². The minimum absolute atomic E-state index is 0.153. The Morgan fingerprint density at radius 2 is 2.31 bits per heavy atom. The Kier molecular flexibility index (Phi) is 3.31. The molecule has 0 spiro atoms. The monoisotopic (exact) mass is 270 g/mol. The highest BCUT2D eigenvalue weighted by Crippen LogP contribution is 2.13. The summed E-state index contributed by atoms with van der Waals surface area (Å²) in [6.07, 6.45) is 0.543. The molecule has 0 aromatic rings.